The van der Waals surface area contributed by atoms with Crippen LogP contribution in [0, 0.1) is 0 Å². The molecule has 0 bridgehead atoms. The number of amides is 1. The van der Waals surface area contributed by atoms with Crippen LogP contribution in [0.15, 0.2) is 36.4 Å². The number of ether oxygens (including phenoxy) is 1. The molecule has 0 saturated heterocycles. The molecule has 1 N–H and O–H groups in total. The lowest BCUT2D eigenvalue weighted by Gasteiger charge is -2.10. The van der Waals surface area contributed by atoms with Crippen LogP contribution in [-0.4, -0.2) is 28.3 Å². The smallest absolute Gasteiger partial charge is 0.310 e. The zero-order chi connectivity index (χ0) is 19.6. The van der Waals surface area contributed by atoms with Crippen molar-refractivity contribution in [3.8, 4) is 0 Å². The number of hydrogen-bond acceptors (Lipinski definition) is 4. The Balaban J connectivity index is 1.86. The molecular weight excluding hydrogens is 389 g/mol. The summed E-state index contributed by atoms with van der Waals surface area (Å²) in [6.07, 6.45) is 0.00545. The third kappa shape index (κ3) is 4.07. The van der Waals surface area contributed by atoms with Gasteiger partial charge in [0.05, 0.1) is 29.3 Å². The monoisotopic (exact) mass is 405 g/mol. The number of halogens is 2. The first-order chi connectivity index (χ1) is 12.9. The fourth-order valence-corrected chi connectivity index (χ4v) is 3.21. The SMILES string of the molecule is CCOC(=O)Cc1cc(Cl)c(NC(=O)c2nn(C)c3ccccc23)cc1Cl. The molecule has 0 saturated carbocycles. The molecule has 3 rings (SSSR count). The minimum atomic E-state index is -0.400. The lowest BCUT2D eigenvalue weighted by molar-refractivity contribution is -0.142. The fraction of sp³-hybridized carbons (Fsp3) is 0.211. The minimum Gasteiger partial charge on any atom is -0.466 e. The van der Waals surface area contributed by atoms with Crippen molar-refractivity contribution >= 4 is 51.7 Å². The predicted octanol–water partition coefficient (Wildman–Crippen LogP) is 4.24. The zero-order valence-corrected chi connectivity index (χ0v) is 16.3. The van der Waals surface area contributed by atoms with Gasteiger partial charge in [0.2, 0.25) is 0 Å². The number of carbonyl (C=O) groups is 2. The van der Waals surface area contributed by atoms with E-state index in [9.17, 15) is 9.59 Å². The van der Waals surface area contributed by atoms with Gasteiger partial charge in [-0.3, -0.25) is 14.3 Å². The number of para-hydroxylation sites is 1. The van der Waals surface area contributed by atoms with Crippen LogP contribution in [0.2, 0.25) is 10.0 Å². The zero-order valence-electron chi connectivity index (χ0n) is 14.8. The van der Waals surface area contributed by atoms with Crippen molar-refractivity contribution in [2.45, 2.75) is 13.3 Å². The number of fused-ring (bicyclic) bond motifs is 1. The Morgan fingerprint density at radius 3 is 2.67 bits per heavy atom. The molecule has 0 aliphatic rings. The second-order valence-corrected chi connectivity index (χ2v) is 6.66. The van der Waals surface area contributed by atoms with Gasteiger partial charge in [-0.15, -0.1) is 0 Å². The molecule has 1 amide bonds. The van der Waals surface area contributed by atoms with E-state index in [1.165, 1.54) is 6.07 Å². The van der Waals surface area contributed by atoms with E-state index in [-0.39, 0.29) is 23.7 Å². The van der Waals surface area contributed by atoms with E-state index in [1.54, 1.807) is 24.7 Å². The van der Waals surface area contributed by atoms with Crippen LogP contribution < -0.4 is 5.32 Å². The van der Waals surface area contributed by atoms with E-state index in [0.717, 1.165) is 10.9 Å². The Bertz CT molecular complexity index is 1030. The maximum absolute atomic E-state index is 12.7. The number of nitrogens with zero attached hydrogens (tertiary/aromatic N) is 2. The second-order valence-electron chi connectivity index (χ2n) is 5.85. The maximum atomic E-state index is 12.7. The van der Waals surface area contributed by atoms with Crippen LogP contribution in [0.25, 0.3) is 10.9 Å². The molecule has 8 heteroatoms. The summed E-state index contributed by atoms with van der Waals surface area (Å²) in [6.45, 7) is 2.02. The second kappa shape index (κ2) is 7.98. The molecule has 0 unspecified atom stereocenters. The first-order valence-electron chi connectivity index (χ1n) is 8.27. The number of carbonyl (C=O) groups excluding carboxylic acids is 2. The third-order valence-electron chi connectivity index (χ3n) is 4.00. The summed E-state index contributed by atoms with van der Waals surface area (Å²) in [5.74, 6) is -0.796. The highest BCUT2D eigenvalue weighted by molar-refractivity contribution is 6.36. The van der Waals surface area contributed by atoms with Gasteiger partial charge in [-0.05, 0) is 30.7 Å². The standard InChI is InChI=1S/C19H17Cl2N3O3/c1-3-27-17(25)9-11-8-14(21)15(10-13(11)20)22-19(26)18-12-6-4-5-7-16(12)24(2)23-18/h4-8,10H,3,9H2,1-2H3,(H,22,26). The normalized spacial score (nSPS) is 10.8. The van der Waals surface area contributed by atoms with Crippen LogP contribution in [-0.2, 0) is 23.0 Å². The van der Waals surface area contributed by atoms with E-state index in [4.69, 9.17) is 27.9 Å². The molecule has 1 heterocycles. The minimum absolute atomic E-state index is 0.00545. The molecule has 27 heavy (non-hydrogen) atoms. The lowest BCUT2D eigenvalue weighted by atomic mass is 10.1. The van der Waals surface area contributed by atoms with Gasteiger partial charge in [0, 0.05) is 17.5 Å². The Morgan fingerprint density at radius 1 is 1.19 bits per heavy atom. The lowest BCUT2D eigenvalue weighted by Crippen LogP contribution is -2.14. The van der Waals surface area contributed by atoms with E-state index in [1.807, 2.05) is 24.3 Å². The van der Waals surface area contributed by atoms with Crippen LogP contribution in [0.5, 0.6) is 0 Å². The van der Waals surface area contributed by atoms with Gasteiger partial charge in [0.25, 0.3) is 5.91 Å². The molecule has 2 aromatic carbocycles. The van der Waals surface area contributed by atoms with Crippen molar-refractivity contribution in [2.24, 2.45) is 7.05 Å². The summed E-state index contributed by atoms with van der Waals surface area (Å²) in [4.78, 5) is 24.3. The summed E-state index contributed by atoms with van der Waals surface area (Å²) in [5.41, 5.74) is 2.00. The molecule has 0 spiro atoms. The Labute approximate surface area is 166 Å². The van der Waals surface area contributed by atoms with Crippen LogP contribution in [0.3, 0.4) is 0 Å². The van der Waals surface area contributed by atoms with Gasteiger partial charge >= 0.3 is 5.97 Å². The molecule has 0 fully saturated rings. The van der Waals surface area contributed by atoms with Crippen molar-refractivity contribution in [1.82, 2.24) is 9.78 Å². The van der Waals surface area contributed by atoms with Crippen LogP contribution in [0.1, 0.15) is 23.0 Å². The van der Waals surface area contributed by atoms with Crippen LogP contribution in [0.4, 0.5) is 5.69 Å². The average Bonchev–Trinajstić information content (AvgIpc) is 2.97. The fourth-order valence-electron chi connectivity index (χ4n) is 2.75. The third-order valence-corrected chi connectivity index (χ3v) is 4.66. The molecule has 1 aromatic heterocycles. The number of benzene rings is 2. The summed E-state index contributed by atoms with van der Waals surface area (Å²) >= 11 is 12.5. The molecule has 0 aliphatic heterocycles. The summed E-state index contributed by atoms with van der Waals surface area (Å²) in [6, 6.07) is 10.5. The molecule has 0 radical (unpaired) electrons. The van der Waals surface area contributed by atoms with E-state index < -0.39 is 11.9 Å². The van der Waals surface area contributed by atoms with E-state index in [2.05, 4.69) is 10.4 Å². The number of anilines is 1. The first kappa shape index (κ1) is 19.2. The largest absolute Gasteiger partial charge is 0.466 e. The number of hydrogen-bond donors (Lipinski definition) is 1. The van der Waals surface area contributed by atoms with Gasteiger partial charge in [-0.1, -0.05) is 41.4 Å². The van der Waals surface area contributed by atoms with Crippen LogP contribution >= 0.6 is 23.2 Å². The number of nitrogens with one attached hydrogen (secondary N) is 1. The summed E-state index contributed by atoms with van der Waals surface area (Å²) in [5, 5.41) is 8.33. The predicted molar refractivity (Wildman–Crippen MR) is 105 cm³/mol. The van der Waals surface area contributed by atoms with Crippen molar-refractivity contribution in [1.29, 1.82) is 0 Å². The van der Waals surface area contributed by atoms with Crippen molar-refractivity contribution in [3.05, 3.63) is 57.7 Å². The molecule has 3 aromatic rings. The molecule has 0 aliphatic carbocycles. The molecular formula is C19H17Cl2N3O3. The van der Waals surface area contributed by atoms with E-state index in [0.29, 0.717) is 16.3 Å². The molecule has 6 nitrogen and oxygen atoms in total. The molecule has 140 valence electrons. The topological polar surface area (TPSA) is 73.2 Å². The van der Waals surface area contributed by atoms with Gasteiger partial charge in [-0.2, -0.15) is 5.10 Å². The first-order valence-corrected chi connectivity index (χ1v) is 9.03. The van der Waals surface area contributed by atoms with Gasteiger partial charge in [0.1, 0.15) is 0 Å². The van der Waals surface area contributed by atoms with Gasteiger partial charge in [0.15, 0.2) is 5.69 Å². The van der Waals surface area contributed by atoms with E-state index >= 15 is 0 Å². The highest BCUT2D eigenvalue weighted by Crippen LogP contribution is 2.30. The number of aromatic nitrogens is 2. The summed E-state index contributed by atoms with van der Waals surface area (Å²) < 4.78 is 6.56. The van der Waals surface area contributed by atoms with Crippen molar-refractivity contribution < 1.29 is 14.3 Å². The molecule has 0 atom stereocenters. The van der Waals surface area contributed by atoms with Crippen molar-refractivity contribution in [2.75, 3.05) is 11.9 Å². The maximum Gasteiger partial charge on any atom is 0.310 e. The quantitative estimate of drug-likeness (QED) is 0.644. The number of rotatable bonds is 5. The Morgan fingerprint density at radius 2 is 1.93 bits per heavy atom. The van der Waals surface area contributed by atoms with Gasteiger partial charge < -0.3 is 10.1 Å². The number of esters is 1. The number of aryl methyl sites for hydroxylation is 1. The summed E-state index contributed by atoms with van der Waals surface area (Å²) in [7, 11) is 1.77. The van der Waals surface area contributed by atoms with Gasteiger partial charge in [-0.25, -0.2) is 0 Å². The highest BCUT2D eigenvalue weighted by atomic mass is 35.5. The van der Waals surface area contributed by atoms with Crippen molar-refractivity contribution in [3.63, 3.8) is 0 Å². The Hall–Kier alpha value is -2.57. The Kier molecular flexibility index (Phi) is 5.68. The highest BCUT2D eigenvalue weighted by Gasteiger charge is 2.18. The average molecular weight is 406 g/mol.